The molecule has 0 saturated carbocycles. The summed E-state index contributed by atoms with van der Waals surface area (Å²) in [5.41, 5.74) is 0.680. The van der Waals surface area contributed by atoms with Gasteiger partial charge in [0.2, 0.25) is 11.8 Å². The zero-order chi connectivity index (χ0) is 12.4. The molecule has 0 unspecified atom stereocenters. The Morgan fingerprint density at radius 1 is 1.29 bits per heavy atom. The Hall–Kier alpha value is -1.32. The summed E-state index contributed by atoms with van der Waals surface area (Å²) in [6, 6.07) is 6.89. The summed E-state index contributed by atoms with van der Waals surface area (Å²) in [5, 5.41) is 8.99. The van der Waals surface area contributed by atoms with Gasteiger partial charge >= 0.3 is 0 Å². The third kappa shape index (κ3) is 2.35. The molecule has 4 nitrogen and oxygen atoms in total. The molecule has 1 aliphatic rings. The topological polar surface area (TPSA) is 61.2 Å². The summed E-state index contributed by atoms with van der Waals surface area (Å²) < 4.78 is 0.727. The van der Waals surface area contributed by atoms with E-state index in [0.29, 0.717) is 11.3 Å². The van der Waals surface area contributed by atoms with Crippen LogP contribution in [0.2, 0.25) is 0 Å². The molecule has 0 aromatic heterocycles. The molecule has 2 amide bonds. The summed E-state index contributed by atoms with van der Waals surface area (Å²) in [7, 11) is 0. The first kappa shape index (κ1) is 12.1. The Kier molecular flexibility index (Phi) is 3.50. The van der Waals surface area contributed by atoms with E-state index in [0.717, 1.165) is 9.37 Å². The van der Waals surface area contributed by atoms with Gasteiger partial charge in [0.05, 0.1) is 22.8 Å². The second-order valence-electron chi connectivity index (χ2n) is 3.39. The largest absolute Gasteiger partial charge is 0.273 e. The van der Waals surface area contributed by atoms with E-state index in [-0.39, 0.29) is 23.3 Å². The zero-order valence-electron chi connectivity index (χ0n) is 8.64. The van der Waals surface area contributed by atoms with Gasteiger partial charge < -0.3 is 0 Å². The fourth-order valence-electron chi connectivity index (χ4n) is 1.55. The number of halogens is 1. The average Bonchev–Trinajstić information content (AvgIpc) is 2.29. The number of amides is 2. The van der Waals surface area contributed by atoms with Crippen molar-refractivity contribution in [2.45, 2.75) is 0 Å². The highest BCUT2D eigenvalue weighted by atomic mass is 79.9. The quantitative estimate of drug-likeness (QED) is 0.744. The molecule has 0 spiro atoms. The number of thioether (sulfide) groups is 1. The van der Waals surface area contributed by atoms with Gasteiger partial charge in [0.1, 0.15) is 6.07 Å². The Bertz CT molecular complexity index is 523. The lowest BCUT2D eigenvalue weighted by molar-refractivity contribution is -0.124. The third-order valence-corrected chi connectivity index (χ3v) is 3.67. The van der Waals surface area contributed by atoms with Crippen molar-refractivity contribution in [3.05, 3.63) is 28.2 Å². The predicted molar refractivity (Wildman–Crippen MR) is 68.7 cm³/mol. The van der Waals surface area contributed by atoms with E-state index in [1.54, 1.807) is 18.2 Å². The minimum absolute atomic E-state index is 0.267. The number of rotatable bonds is 1. The van der Waals surface area contributed by atoms with Gasteiger partial charge in [-0.1, -0.05) is 15.9 Å². The lowest BCUT2D eigenvalue weighted by Gasteiger charge is -2.25. The highest BCUT2D eigenvalue weighted by molar-refractivity contribution is 9.10. The molecular weight excluding hydrogens is 304 g/mol. The molecule has 6 heteroatoms. The van der Waals surface area contributed by atoms with Gasteiger partial charge in [-0.25, -0.2) is 4.90 Å². The van der Waals surface area contributed by atoms with Gasteiger partial charge in [-0.3, -0.25) is 9.59 Å². The van der Waals surface area contributed by atoms with Gasteiger partial charge in [-0.05, 0) is 18.2 Å². The van der Waals surface area contributed by atoms with Crippen molar-refractivity contribution in [2.75, 3.05) is 16.4 Å². The van der Waals surface area contributed by atoms with E-state index < -0.39 is 0 Å². The summed E-state index contributed by atoms with van der Waals surface area (Å²) >= 11 is 4.56. The molecule has 0 aliphatic carbocycles. The van der Waals surface area contributed by atoms with E-state index in [9.17, 15) is 9.59 Å². The lowest BCUT2D eigenvalue weighted by atomic mass is 10.1. The minimum atomic E-state index is -0.277. The van der Waals surface area contributed by atoms with Crippen LogP contribution in [0.4, 0.5) is 5.69 Å². The summed E-state index contributed by atoms with van der Waals surface area (Å²) in [6.45, 7) is 0. The molecule has 1 aromatic rings. The molecule has 2 rings (SSSR count). The molecule has 1 aliphatic heterocycles. The molecule has 17 heavy (non-hydrogen) atoms. The van der Waals surface area contributed by atoms with Gasteiger partial charge in [0.25, 0.3) is 0 Å². The second-order valence-corrected chi connectivity index (χ2v) is 5.29. The van der Waals surface area contributed by atoms with Crippen molar-refractivity contribution in [3.8, 4) is 6.07 Å². The molecule has 1 saturated heterocycles. The second kappa shape index (κ2) is 4.90. The molecule has 0 radical (unpaired) electrons. The summed E-state index contributed by atoms with van der Waals surface area (Å²) in [5.74, 6) is -0.0200. The molecule has 1 fully saturated rings. The molecule has 0 N–H and O–H groups in total. The Morgan fingerprint density at radius 3 is 2.53 bits per heavy atom. The number of nitriles is 1. The van der Waals surface area contributed by atoms with Crippen LogP contribution in [0.25, 0.3) is 0 Å². The summed E-state index contributed by atoms with van der Waals surface area (Å²) in [6.07, 6.45) is 0. The Morgan fingerprint density at radius 2 is 1.94 bits per heavy atom. The summed E-state index contributed by atoms with van der Waals surface area (Å²) in [4.78, 5) is 24.6. The molecule has 1 heterocycles. The zero-order valence-corrected chi connectivity index (χ0v) is 11.0. The Labute approximate surface area is 111 Å². The maximum absolute atomic E-state index is 11.7. The predicted octanol–water partition coefficient (Wildman–Crippen LogP) is 1.93. The van der Waals surface area contributed by atoms with E-state index in [4.69, 9.17) is 5.26 Å². The first-order valence-corrected chi connectivity index (χ1v) is 6.71. The number of carbonyl (C=O) groups is 2. The molecule has 0 atom stereocenters. The van der Waals surface area contributed by atoms with Crippen LogP contribution < -0.4 is 4.90 Å². The normalized spacial score (nSPS) is 15.9. The van der Waals surface area contributed by atoms with E-state index >= 15 is 0 Å². The van der Waals surface area contributed by atoms with Crippen molar-refractivity contribution in [3.63, 3.8) is 0 Å². The van der Waals surface area contributed by atoms with Crippen LogP contribution in [0.1, 0.15) is 5.56 Å². The van der Waals surface area contributed by atoms with Crippen molar-refractivity contribution >= 4 is 45.2 Å². The first-order chi connectivity index (χ1) is 8.13. The van der Waals surface area contributed by atoms with Crippen molar-refractivity contribution < 1.29 is 9.59 Å². The standard InChI is InChI=1S/C11H7BrN2O2S/c12-8-2-1-7(4-13)9(3-8)14-10(15)5-17-6-11(14)16/h1-3H,5-6H2. The van der Waals surface area contributed by atoms with Crippen LogP contribution >= 0.6 is 27.7 Å². The van der Waals surface area contributed by atoms with Crippen LogP contribution in [0.15, 0.2) is 22.7 Å². The number of hydrogen-bond acceptors (Lipinski definition) is 4. The van der Waals surface area contributed by atoms with Crippen molar-refractivity contribution in [1.29, 1.82) is 5.26 Å². The highest BCUT2D eigenvalue weighted by Gasteiger charge is 2.29. The lowest BCUT2D eigenvalue weighted by Crippen LogP contribution is -2.43. The fourth-order valence-corrected chi connectivity index (χ4v) is 2.61. The van der Waals surface area contributed by atoms with Crippen LogP contribution in [0.5, 0.6) is 0 Å². The smallest absolute Gasteiger partial charge is 0.243 e. The SMILES string of the molecule is N#Cc1ccc(Br)cc1N1C(=O)CSCC1=O. The van der Waals surface area contributed by atoms with E-state index in [1.807, 2.05) is 6.07 Å². The molecular formula is C11H7BrN2O2S. The van der Waals surface area contributed by atoms with Gasteiger partial charge in [-0.15, -0.1) is 11.8 Å². The third-order valence-electron chi connectivity index (χ3n) is 2.27. The average molecular weight is 311 g/mol. The first-order valence-electron chi connectivity index (χ1n) is 4.76. The van der Waals surface area contributed by atoms with Crippen molar-refractivity contribution in [1.82, 2.24) is 0 Å². The van der Waals surface area contributed by atoms with E-state index in [1.165, 1.54) is 11.8 Å². The van der Waals surface area contributed by atoms with Crippen molar-refractivity contribution in [2.24, 2.45) is 0 Å². The monoisotopic (exact) mass is 310 g/mol. The molecule has 0 bridgehead atoms. The number of imide groups is 1. The number of nitrogens with zero attached hydrogens (tertiary/aromatic N) is 2. The van der Waals surface area contributed by atoms with Gasteiger partial charge in [0.15, 0.2) is 0 Å². The molecule has 86 valence electrons. The van der Waals surface area contributed by atoms with Crippen LogP contribution in [0.3, 0.4) is 0 Å². The minimum Gasteiger partial charge on any atom is -0.273 e. The van der Waals surface area contributed by atoms with Crippen LogP contribution in [-0.2, 0) is 9.59 Å². The Balaban J connectivity index is 2.51. The highest BCUT2D eigenvalue weighted by Crippen LogP contribution is 2.28. The van der Waals surface area contributed by atoms with Gasteiger partial charge in [-0.2, -0.15) is 5.26 Å². The number of carbonyl (C=O) groups excluding carboxylic acids is 2. The number of hydrogen-bond donors (Lipinski definition) is 0. The molecule has 1 aromatic carbocycles. The maximum atomic E-state index is 11.7. The fraction of sp³-hybridized carbons (Fsp3) is 0.182. The number of benzene rings is 1. The van der Waals surface area contributed by atoms with Gasteiger partial charge in [0, 0.05) is 4.47 Å². The maximum Gasteiger partial charge on any atom is 0.243 e. The number of anilines is 1. The van der Waals surface area contributed by atoms with E-state index in [2.05, 4.69) is 15.9 Å². The van der Waals surface area contributed by atoms with Crippen LogP contribution in [-0.4, -0.2) is 23.3 Å². The van der Waals surface area contributed by atoms with Crippen LogP contribution in [0, 0.1) is 11.3 Å².